The van der Waals surface area contributed by atoms with E-state index >= 15 is 0 Å². The molecule has 0 bridgehead atoms. The third-order valence-corrected chi connectivity index (χ3v) is 4.64. The van der Waals surface area contributed by atoms with Crippen LogP contribution in [0.2, 0.25) is 5.02 Å². The van der Waals surface area contributed by atoms with Gasteiger partial charge in [0.2, 0.25) is 0 Å². The molecule has 0 spiro atoms. The molecule has 0 aliphatic heterocycles. The van der Waals surface area contributed by atoms with Crippen molar-refractivity contribution in [2.75, 3.05) is 12.4 Å². The van der Waals surface area contributed by atoms with Gasteiger partial charge in [-0.05, 0) is 41.8 Å². The van der Waals surface area contributed by atoms with Crippen LogP contribution in [-0.4, -0.2) is 13.0 Å². The van der Waals surface area contributed by atoms with Gasteiger partial charge in [-0.25, -0.2) is 0 Å². The quantitative estimate of drug-likeness (QED) is 0.642. The number of nitrogens with one attached hydrogen (secondary N) is 1. The van der Waals surface area contributed by atoms with Crippen LogP contribution in [0.25, 0.3) is 0 Å². The predicted molar refractivity (Wildman–Crippen MR) is 101 cm³/mol. The van der Waals surface area contributed by atoms with Crippen molar-refractivity contribution < 1.29 is 14.3 Å². The molecule has 3 rings (SSSR count). The van der Waals surface area contributed by atoms with Crippen LogP contribution in [0.4, 0.5) is 5.69 Å². The number of methoxy groups -OCH3 is 1. The Morgan fingerprint density at radius 3 is 2.68 bits per heavy atom. The first-order valence-electron chi connectivity index (χ1n) is 7.56. The van der Waals surface area contributed by atoms with Crippen LogP contribution in [0, 0.1) is 0 Å². The van der Waals surface area contributed by atoms with Crippen molar-refractivity contribution in [3.8, 4) is 11.5 Å². The largest absolute Gasteiger partial charge is 0.493 e. The Hall–Kier alpha value is -2.50. The van der Waals surface area contributed by atoms with Crippen molar-refractivity contribution in [2.45, 2.75) is 6.61 Å². The zero-order valence-electron chi connectivity index (χ0n) is 13.5. The first-order valence-corrected chi connectivity index (χ1v) is 8.81. The Bertz CT molecular complexity index is 878. The molecule has 0 aliphatic carbocycles. The average molecular weight is 374 g/mol. The molecule has 1 aromatic heterocycles. The molecule has 1 amide bonds. The zero-order chi connectivity index (χ0) is 17.6. The lowest BCUT2D eigenvalue weighted by atomic mass is 10.3. The number of amides is 1. The van der Waals surface area contributed by atoms with Crippen LogP contribution < -0.4 is 14.8 Å². The van der Waals surface area contributed by atoms with Gasteiger partial charge in [-0.2, -0.15) is 0 Å². The number of para-hydroxylation sites is 2. The molecule has 25 heavy (non-hydrogen) atoms. The highest BCUT2D eigenvalue weighted by atomic mass is 35.5. The lowest BCUT2D eigenvalue weighted by Crippen LogP contribution is -2.10. The van der Waals surface area contributed by atoms with Gasteiger partial charge in [-0.15, -0.1) is 11.3 Å². The molecule has 0 aliphatic rings. The summed E-state index contributed by atoms with van der Waals surface area (Å²) in [4.78, 5) is 12.9. The van der Waals surface area contributed by atoms with Gasteiger partial charge in [0.05, 0.1) is 12.0 Å². The molecule has 0 atom stereocenters. The number of anilines is 1. The van der Waals surface area contributed by atoms with Gasteiger partial charge in [-0.1, -0.05) is 29.8 Å². The highest BCUT2D eigenvalue weighted by molar-refractivity contribution is 7.12. The molecule has 128 valence electrons. The van der Waals surface area contributed by atoms with E-state index in [0.29, 0.717) is 33.7 Å². The molecule has 3 aromatic rings. The third-order valence-electron chi connectivity index (χ3n) is 3.42. The van der Waals surface area contributed by atoms with Crippen molar-refractivity contribution in [1.29, 1.82) is 0 Å². The van der Waals surface area contributed by atoms with Crippen molar-refractivity contribution in [1.82, 2.24) is 0 Å². The topological polar surface area (TPSA) is 47.6 Å². The normalized spacial score (nSPS) is 10.3. The maximum absolute atomic E-state index is 12.3. The van der Waals surface area contributed by atoms with Crippen molar-refractivity contribution in [3.05, 3.63) is 75.4 Å². The second-order valence-electron chi connectivity index (χ2n) is 5.22. The minimum atomic E-state index is -0.171. The number of halogens is 1. The smallest absolute Gasteiger partial charge is 0.265 e. The summed E-state index contributed by atoms with van der Waals surface area (Å²) in [5, 5.41) is 5.31. The van der Waals surface area contributed by atoms with Crippen LogP contribution >= 0.6 is 22.9 Å². The SMILES string of the molecule is COc1ccccc1OCc1csc(C(=O)Nc2cccc(Cl)c2)c1. The van der Waals surface area contributed by atoms with Crippen molar-refractivity contribution in [3.63, 3.8) is 0 Å². The Morgan fingerprint density at radius 1 is 1.12 bits per heavy atom. The molecule has 0 fully saturated rings. The van der Waals surface area contributed by atoms with E-state index in [4.69, 9.17) is 21.1 Å². The summed E-state index contributed by atoms with van der Waals surface area (Å²) in [5.41, 5.74) is 1.59. The lowest BCUT2D eigenvalue weighted by molar-refractivity contribution is 0.103. The fourth-order valence-electron chi connectivity index (χ4n) is 2.23. The molecule has 0 radical (unpaired) electrons. The second kappa shape index (κ2) is 8.05. The highest BCUT2D eigenvalue weighted by Crippen LogP contribution is 2.27. The van der Waals surface area contributed by atoms with E-state index in [1.54, 1.807) is 31.4 Å². The molecule has 4 nitrogen and oxygen atoms in total. The molecule has 6 heteroatoms. The van der Waals surface area contributed by atoms with E-state index in [9.17, 15) is 4.79 Å². The Labute approximate surface area is 155 Å². The van der Waals surface area contributed by atoms with Crippen LogP contribution in [0.5, 0.6) is 11.5 Å². The summed E-state index contributed by atoms with van der Waals surface area (Å²) in [6.45, 7) is 0.362. The summed E-state index contributed by atoms with van der Waals surface area (Å²) in [6, 6.07) is 16.3. The summed E-state index contributed by atoms with van der Waals surface area (Å²) >= 11 is 7.30. The third kappa shape index (κ3) is 4.53. The molecule has 1 heterocycles. The van der Waals surface area contributed by atoms with Gasteiger partial charge in [0.15, 0.2) is 11.5 Å². The lowest BCUT2D eigenvalue weighted by Gasteiger charge is -2.09. The summed E-state index contributed by atoms with van der Waals surface area (Å²) < 4.78 is 11.0. The molecule has 1 N–H and O–H groups in total. The van der Waals surface area contributed by atoms with E-state index in [1.807, 2.05) is 35.7 Å². The predicted octanol–water partition coefficient (Wildman–Crippen LogP) is 5.24. The van der Waals surface area contributed by atoms with E-state index in [1.165, 1.54) is 11.3 Å². The van der Waals surface area contributed by atoms with Crippen LogP contribution in [0.15, 0.2) is 60.0 Å². The standard InChI is InChI=1S/C19H16ClNO3S/c1-23-16-7-2-3-8-17(16)24-11-13-9-18(25-12-13)19(22)21-15-6-4-5-14(20)10-15/h2-10,12H,11H2,1H3,(H,21,22). The number of rotatable bonds is 6. The maximum atomic E-state index is 12.3. The van der Waals surface area contributed by atoms with E-state index in [0.717, 1.165) is 5.56 Å². The molecule has 0 unspecified atom stereocenters. The summed E-state index contributed by atoms with van der Waals surface area (Å²) in [6.07, 6.45) is 0. The van der Waals surface area contributed by atoms with Crippen molar-refractivity contribution in [2.24, 2.45) is 0 Å². The van der Waals surface area contributed by atoms with Crippen LogP contribution in [-0.2, 0) is 6.61 Å². The number of hydrogen-bond donors (Lipinski definition) is 1. The molecule has 0 saturated heterocycles. The second-order valence-corrected chi connectivity index (χ2v) is 6.57. The highest BCUT2D eigenvalue weighted by Gasteiger charge is 2.11. The number of benzene rings is 2. The fourth-order valence-corrected chi connectivity index (χ4v) is 3.21. The monoisotopic (exact) mass is 373 g/mol. The van der Waals surface area contributed by atoms with Crippen LogP contribution in [0.3, 0.4) is 0 Å². The number of thiophene rings is 1. The summed E-state index contributed by atoms with van der Waals surface area (Å²) in [7, 11) is 1.60. The Kier molecular flexibility index (Phi) is 5.58. The average Bonchev–Trinajstić information content (AvgIpc) is 3.09. The minimum absolute atomic E-state index is 0.171. The van der Waals surface area contributed by atoms with Gasteiger partial charge in [-0.3, -0.25) is 4.79 Å². The Balaban J connectivity index is 1.63. The van der Waals surface area contributed by atoms with E-state index in [2.05, 4.69) is 5.32 Å². The van der Waals surface area contributed by atoms with Gasteiger partial charge >= 0.3 is 0 Å². The number of ether oxygens (including phenoxy) is 2. The van der Waals surface area contributed by atoms with Gasteiger partial charge < -0.3 is 14.8 Å². The zero-order valence-corrected chi connectivity index (χ0v) is 15.1. The van der Waals surface area contributed by atoms with Crippen LogP contribution in [0.1, 0.15) is 15.2 Å². The van der Waals surface area contributed by atoms with Gasteiger partial charge in [0.1, 0.15) is 6.61 Å². The Morgan fingerprint density at radius 2 is 1.92 bits per heavy atom. The molecular formula is C19H16ClNO3S. The fraction of sp³-hybridized carbons (Fsp3) is 0.105. The minimum Gasteiger partial charge on any atom is -0.493 e. The summed E-state index contributed by atoms with van der Waals surface area (Å²) in [5.74, 6) is 1.17. The molecule has 2 aromatic carbocycles. The maximum Gasteiger partial charge on any atom is 0.265 e. The van der Waals surface area contributed by atoms with Gasteiger partial charge in [0, 0.05) is 16.3 Å². The first-order chi connectivity index (χ1) is 12.2. The van der Waals surface area contributed by atoms with Gasteiger partial charge in [0.25, 0.3) is 5.91 Å². The van der Waals surface area contributed by atoms with E-state index < -0.39 is 0 Å². The number of carbonyl (C=O) groups excluding carboxylic acids is 1. The molecule has 0 saturated carbocycles. The van der Waals surface area contributed by atoms with E-state index in [-0.39, 0.29) is 5.91 Å². The number of carbonyl (C=O) groups is 1. The first kappa shape index (κ1) is 17.3. The molecular weight excluding hydrogens is 358 g/mol. The number of hydrogen-bond acceptors (Lipinski definition) is 4. The van der Waals surface area contributed by atoms with Crippen molar-refractivity contribution >= 4 is 34.5 Å².